The van der Waals surface area contributed by atoms with Gasteiger partial charge in [0.25, 0.3) is 0 Å². The summed E-state index contributed by atoms with van der Waals surface area (Å²) in [5.41, 5.74) is 2.42. The Labute approximate surface area is 161 Å². The number of hydrogen-bond acceptors (Lipinski definition) is 5. The number of amides is 1. The highest BCUT2D eigenvalue weighted by Crippen LogP contribution is 2.27. The topological polar surface area (TPSA) is 59.2 Å². The number of nitrogens with zero attached hydrogens (tertiary/aromatic N) is 3. The van der Waals surface area contributed by atoms with Gasteiger partial charge in [0.1, 0.15) is 16.4 Å². The maximum Gasteiger partial charge on any atom is 0.228 e. The van der Waals surface area contributed by atoms with Crippen molar-refractivity contribution >= 4 is 28.2 Å². The maximum absolute atomic E-state index is 12.7. The van der Waals surface area contributed by atoms with E-state index in [1.807, 2.05) is 60.8 Å². The lowest BCUT2D eigenvalue weighted by Gasteiger charge is -2.23. The van der Waals surface area contributed by atoms with Crippen LogP contribution in [-0.2, 0) is 11.2 Å². The van der Waals surface area contributed by atoms with Crippen molar-refractivity contribution in [2.45, 2.75) is 19.4 Å². The van der Waals surface area contributed by atoms with Gasteiger partial charge in [0.05, 0.1) is 23.9 Å². The van der Waals surface area contributed by atoms with Crippen molar-refractivity contribution in [3.8, 4) is 10.7 Å². The minimum absolute atomic E-state index is 0.000766. The van der Waals surface area contributed by atoms with Crippen molar-refractivity contribution in [1.82, 2.24) is 14.9 Å². The fraction of sp³-hybridized carbons (Fsp3) is 0.190. The van der Waals surface area contributed by atoms with Crippen LogP contribution in [-0.4, -0.2) is 27.8 Å². The van der Waals surface area contributed by atoms with E-state index < -0.39 is 0 Å². The molecule has 1 atom stereocenters. The summed E-state index contributed by atoms with van der Waals surface area (Å²) in [4.78, 5) is 23.3. The van der Waals surface area contributed by atoms with Crippen molar-refractivity contribution in [3.05, 3.63) is 71.6 Å². The molecule has 0 spiro atoms. The molecular formula is C21H19N3O2S. The number of pyridine rings is 1. The van der Waals surface area contributed by atoms with Gasteiger partial charge in [-0.05, 0) is 31.2 Å². The average molecular weight is 377 g/mol. The molecule has 0 N–H and O–H groups in total. The maximum atomic E-state index is 12.7. The molecule has 6 heteroatoms. The molecule has 0 aliphatic heterocycles. The minimum atomic E-state index is -0.154. The number of aromatic nitrogens is 2. The van der Waals surface area contributed by atoms with E-state index in [4.69, 9.17) is 4.42 Å². The van der Waals surface area contributed by atoms with E-state index in [0.717, 1.165) is 33.1 Å². The fourth-order valence-electron chi connectivity index (χ4n) is 2.89. The number of fused-ring (bicyclic) bond motifs is 1. The van der Waals surface area contributed by atoms with Crippen LogP contribution >= 0.6 is 11.3 Å². The van der Waals surface area contributed by atoms with Crippen molar-refractivity contribution < 1.29 is 9.21 Å². The van der Waals surface area contributed by atoms with Crippen LogP contribution in [0, 0.1) is 0 Å². The Hall–Kier alpha value is -2.99. The number of para-hydroxylation sites is 1. The molecule has 27 heavy (non-hydrogen) atoms. The Morgan fingerprint density at radius 1 is 1.22 bits per heavy atom. The first-order valence-corrected chi connectivity index (χ1v) is 9.60. The van der Waals surface area contributed by atoms with Gasteiger partial charge in [-0.2, -0.15) is 0 Å². The number of furan rings is 1. The summed E-state index contributed by atoms with van der Waals surface area (Å²) in [6.45, 7) is 1.97. The minimum Gasteiger partial charge on any atom is -0.459 e. The SMILES string of the molecule is CC(c1cc2ccccc2o1)N(C)C(=O)Cc1csc(-c2ccccn2)n1. The molecule has 3 aromatic heterocycles. The molecule has 0 aliphatic rings. The van der Waals surface area contributed by atoms with Crippen LogP contribution in [0.4, 0.5) is 0 Å². The van der Waals surface area contributed by atoms with Gasteiger partial charge in [0.15, 0.2) is 0 Å². The van der Waals surface area contributed by atoms with Gasteiger partial charge < -0.3 is 9.32 Å². The van der Waals surface area contributed by atoms with E-state index in [1.54, 1.807) is 18.1 Å². The number of thiazole rings is 1. The Bertz CT molecular complexity index is 1040. The number of carbonyl (C=O) groups excluding carboxylic acids is 1. The standard InChI is InChI=1S/C21H19N3O2S/c1-14(19-11-15-7-3-4-9-18(15)26-19)24(2)20(25)12-16-13-27-21(23-16)17-8-5-6-10-22-17/h3-11,13-14H,12H2,1-2H3. The van der Waals surface area contributed by atoms with E-state index in [0.29, 0.717) is 0 Å². The zero-order chi connectivity index (χ0) is 18.8. The smallest absolute Gasteiger partial charge is 0.228 e. The number of rotatable bonds is 5. The van der Waals surface area contributed by atoms with Crippen molar-refractivity contribution in [1.29, 1.82) is 0 Å². The molecule has 136 valence electrons. The molecule has 0 saturated heterocycles. The van der Waals surface area contributed by atoms with Crippen LogP contribution < -0.4 is 0 Å². The van der Waals surface area contributed by atoms with Gasteiger partial charge in [0, 0.05) is 24.0 Å². The Kier molecular flexibility index (Phi) is 4.73. The summed E-state index contributed by atoms with van der Waals surface area (Å²) in [6.07, 6.45) is 1.99. The Morgan fingerprint density at radius 2 is 2.04 bits per heavy atom. The van der Waals surface area contributed by atoms with E-state index in [9.17, 15) is 4.79 Å². The summed E-state index contributed by atoms with van der Waals surface area (Å²) in [6, 6.07) is 15.4. The first-order valence-electron chi connectivity index (χ1n) is 8.72. The molecule has 0 aliphatic carbocycles. The predicted octanol–water partition coefficient (Wildman–Crippen LogP) is 4.71. The molecule has 1 aromatic carbocycles. The highest BCUT2D eigenvalue weighted by atomic mass is 32.1. The summed E-state index contributed by atoms with van der Waals surface area (Å²) < 4.78 is 5.90. The van der Waals surface area contributed by atoms with E-state index in [2.05, 4.69) is 9.97 Å². The van der Waals surface area contributed by atoms with Crippen LogP contribution in [0.5, 0.6) is 0 Å². The molecule has 0 bridgehead atoms. The molecule has 0 radical (unpaired) electrons. The number of likely N-dealkylation sites (N-methyl/N-ethyl adjacent to an activating group) is 1. The van der Waals surface area contributed by atoms with Gasteiger partial charge in [-0.1, -0.05) is 24.3 Å². The zero-order valence-corrected chi connectivity index (χ0v) is 15.9. The van der Waals surface area contributed by atoms with E-state index in [-0.39, 0.29) is 18.4 Å². The summed E-state index contributed by atoms with van der Waals surface area (Å²) in [5.74, 6) is 0.778. The number of carbonyl (C=O) groups is 1. The van der Waals surface area contributed by atoms with Crippen LogP contribution in [0.15, 0.2) is 64.5 Å². The van der Waals surface area contributed by atoms with Crippen molar-refractivity contribution in [2.75, 3.05) is 7.05 Å². The predicted molar refractivity (Wildman–Crippen MR) is 106 cm³/mol. The molecular weight excluding hydrogens is 358 g/mol. The summed E-state index contributed by atoms with van der Waals surface area (Å²) in [5, 5.41) is 3.79. The molecule has 3 heterocycles. The van der Waals surface area contributed by atoms with Gasteiger partial charge in [-0.15, -0.1) is 11.3 Å². The number of benzene rings is 1. The van der Waals surface area contributed by atoms with Crippen molar-refractivity contribution in [2.24, 2.45) is 0 Å². The quantitative estimate of drug-likeness (QED) is 0.505. The second-order valence-corrected chi connectivity index (χ2v) is 7.26. The average Bonchev–Trinajstić information content (AvgIpc) is 3.34. The van der Waals surface area contributed by atoms with Crippen LogP contribution in [0.3, 0.4) is 0 Å². The molecule has 0 fully saturated rings. The fourth-order valence-corrected chi connectivity index (χ4v) is 3.69. The highest BCUT2D eigenvalue weighted by Gasteiger charge is 2.21. The lowest BCUT2D eigenvalue weighted by Crippen LogP contribution is -2.30. The van der Waals surface area contributed by atoms with Gasteiger partial charge in [-0.25, -0.2) is 4.98 Å². The molecule has 0 saturated carbocycles. The summed E-state index contributed by atoms with van der Waals surface area (Å²) in [7, 11) is 1.80. The van der Waals surface area contributed by atoms with Crippen LogP contribution in [0.2, 0.25) is 0 Å². The molecule has 5 nitrogen and oxygen atoms in total. The lowest BCUT2D eigenvalue weighted by atomic mass is 10.2. The highest BCUT2D eigenvalue weighted by molar-refractivity contribution is 7.13. The first kappa shape index (κ1) is 17.4. The molecule has 4 aromatic rings. The Balaban J connectivity index is 1.47. The lowest BCUT2D eigenvalue weighted by molar-refractivity contribution is -0.131. The van der Waals surface area contributed by atoms with Gasteiger partial charge in [0.2, 0.25) is 5.91 Å². The second kappa shape index (κ2) is 7.32. The molecule has 1 unspecified atom stereocenters. The van der Waals surface area contributed by atoms with Crippen molar-refractivity contribution in [3.63, 3.8) is 0 Å². The van der Waals surface area contributed by atoms with Crippen LogP contribution in [0.25, 0.3) is 21.7 Å². The first-order chi connectivity index (χ1) is 13.1. The molecule has 1 amide bonds. The summed E-state index contributed by atoms with van der Waals surface area (Å²) >= 11 is 1.50. The van der Waals surface area contributed by atoms with Crippen LogP contribution in [0.1, 0.15) is 24.4 Å². The van der Waals surface area contributed by atoms with E-state index in [1.165, 1.54) is 11.3 Å². The Morgan fingerprint density at radius 3 is 2.81 bits per heavy atom. The third kappa shape index (κ3) is 3.61. The monoisotopic (exact) mass is 377 g/mol. The largest absolute Gasteiger partial charge is 0.459 e. The zero-order valence-electron chi connectivity index (χ0n) is 15.1. The molecule has 4 rings (SSSR count). The normalized spacial score (nSPS) is 12.2. The third-order valence-corrected chi connectivity index (χ3v) is 5.51. The van der Waals surface area contributed by atoms with Gasteiger partial charge in [-0.3, -0.25) is 9.78 Å². The van der Waals surface area contributed by atoms with E-state index >= 15 is 0 Å². The third-order valence-electron chi connectivity index (χ3n) is 4.60. The van der Waals surface area contributed by atoms with Gasteiger partial charge >= 0.3 is 0 Å². The number of hydrogen-bond donors (Lipinski definition) is 0. The second-order valence-electron chi connectivity index (χ2n) is 6.40.